The Kier molecular flexibility index (Phi) is 3.51. The molecule has 0 saturated carbocycles. The summed E-state index contributed by atoms with van der Waals surface area (Å²) in [5, 5.41) is 9.63. The minimum atomic E-state index is -0.707. The molecule has 1 aromatic heterocycles. The summed E-state index contributed by atoms with van der Waals surface area (Å²) in [5.41, 5.74) is 0.963. The van der Waals surface area contributed by atoms with E-state index in [0.29, 0.717) is 17.3 Å². The number of aromatic amines is 1. The van der Waals surface area contributed by atoms with Crippen molar-refractivity contribution < 1.29 is 14.3 Å². The Morgan fingerprint density at radius 1 is 1.33 bits per heavy atom. The number of benzene rings is 1. The van der Waals surface area contributed by atoms with E-state index in [-0.39, 0.29) is 12.0 Å². The molecule has 0 spiro atoms. The molecule has 6 heteroatoms. The fourth-order valence-electron chi connectivity index (χ4n) is 2.21. The molecule has 0 aliphatic carbocycles. The zero-order chi connectivity index (χ0) is 14.8. The van der Waals surface area contributed by atoms with Crippen LogP contribution in [0.3, 0.4) is 0 Å². The summed E-state index contributed by atoms with van der Waals surface area (Å²) < 4.78 is 11.5. The van der Waals surface area contributed by atoms with Gasteiger partial charge in [-0.05, 0) is 25.5 Å². The number of carbonyl (C=O) groups excluding carboxylic acids is 1. The highest BCUT2D eigenvalue weighted by Gasteiger charge is 2.34. The van der Waals surface area contributed by atoms with E-state index >= 15 is 0 Å². The van der Waals surface area contributed by atoms with Gasteiger partial charge >= 0.3 is 0 Å². The van der Waals surface area contributed by atoms with Crippen molar-refractivity contribution in [2.24, 2.45) is 0 Å². The molecule has 2 unspecified atom stereocenters. The summed E-state index contributed by atoms with van der Waals surface area (Å²) in [7, 11) is 0. The number of carbonyl (C=O) groups is 1. The molecule has 21 heavy (non-hydrogen) atoms. The Balaban J connectivity index is 1.73. The summed E-state index contributed by atoms with van der Waals surface area (Å²) in [6.07, 6.45) is -0.249. The zero-order valence-corrected chi connectivity index (χ0v) is 11.9. The topological polar surface area (TPSA) is 76.2 Å². The molecule has 2 N–H and O–H groups in total. The number of fused-ring (bicyclic) bond motifs is 1. The van der Waals surface area contributed by atoms with Crippen LogP contribution in [0.2, 0.25) is 0 Å². The summed E-state index contributed by atoms with van der Waals surface area (Å²) in [5.74, 6) is 1.45. The average Bonchev–Trinajstić information content (AvgIpc) is 2.94. The molecule has 1 amide bonds. The maximum Gasteiger partial charge on any atom is 0.270 e. The third-order valence-corrected chi connectivity index (χ3v) is 3.36. The van der Waals surface area contributed by atoms with E-state index in [2.05, 4.69) is 15.5 Å². The second-order valence-electron chi connectivity index (χ2n) is 4.93. The standard InChI is InChI=1S/C15H17N3O3/c1-3-10-8-13(18-17-10)16-15(19)14-9(2)20-11-6-4-5-7-12(11)21-14/h4-9,14H,3H2,1-2H3,(H2,16,17,18,19). The number of aromatic nitrogens is 2. The molecule has 0 radical (unpaired) electrons. The molecule has 2 aromatic rings. The second kappa shape index (κ2) is 5.47. The van der Waals surface area contributed by atoms with E-state index in [1.54, 1.807) is 12.1 Å². The highest BCUT2D eigenvalue weighted by molar-refractivity contribution is 5.94. The highest BCUT2D eigenvalue weighted by Crippen LogP contribution is 2.33. The summed E-state index contributed by atoms with van der Waals surface area (Å²) in [6.45, 7) is 3.82. The van der Waals surface area contributed by atoms with E-state index in [0.717, 1.165) is 12.1 Å². The first-order chi connectivity index (χ1) is 10.2. The molecular formula is C15H17N3O3. The maximum atomic E-state index is 12.3. The molecule has 1 aliphatic rings. The molecule has 1 aromatic carbocycles. The summed E-state index contributed by atoms with van der Waals surface area (Å²) in [4.78, 5) is 12.3. The van der Waals surface area contributed by atoms with Gasteiger partial charge in [-0.2, -0.15) is 5.10 Å². The maximum absolute atomic E-state index is 12.3. The van der Waals surface area contributed by atoms with Gasteiger partial charge in [0.05, 0.1) is 0 Å². The van der Waals surface area contributed by atoms with Crippen LogP contribution < -0.4 is 14.8 Å². The van der Waals surface area contributed by atoms with Gasteiger partial charge in [-0.15, -0.1) is 0 Å². The second-order valence-corrected chi connectivity index (χ2v) is 4.93. The number of amides is 1. The summed E-state index contributed by atoms with van der Waals surface area (Å²) >= 11 is 0. The van der Waals surface area contributed by atoms with Crippen LogP contribution in [0.15, 0.2) is 30.3 Å². The van der Waals surface area contributed by atoms with Crippen molar-refractivity contribution >= 4 is 11.7 Å². The fourth-order valence-corrected chi connectivity index (χ4v) is 2.21. The van der Waals surface area contributed by atoms with Gasteiger partial charge in [-0.25, -0.2) is 0 Å². The van der Waals surface area contributed by atoms with Crippen LogP contribution in [-0.4, -0.2) is 28.3 Å². The number of H-pyrrole nitrogens is 1. The predicted octanol–water partition coefficient (Wildman–Crippen LogP) is 2.14. The number of nitrogens with zero attached hydrogens (tertiary/aromatic N) is 1. The molecule has 110 valence electrons. The highest BCUT2D eigenvalue weighted by atomic mass is 16.6. The lowest BCUT2D eigenvalue weighted by atomic mass is 10.1. The van der Waals surface area contributed by atoms with Crippen LogP contribution in [0.4, 0.5) is 5.82 Å². The van der Waals surface area contributed by atoms with Gasteiger partial charge in [-0.1, -0.05) is 19.1 Å². The van der Waals surface area contributed by atoms with Gasteiger partial charge in [-0.3, -0.25) is 9.89 Å². The SMILES string of the molecule is CCc1cc(NC(=O)C2Oc3ccccc3OC2C)n[nH]1. The zero-order valence-electron chi connectivity index (χ0n) is 11.9. The number of nitrogens with one attached hydrogen (secondary N) is 2. The van der Waals surface area contributed by atoms with E-state index in [1.165, 1.54) is 0 Å². The molecule has 0 bridgehead atoms. The average molecular weight is 287 g/mol. The summed E-state index contributed by atoms with van der Waals surface area (Å²) in [6, 6.07) is 9.12. The molecule has 2 atom stereocenters. The Hall–Kier alpha value is -2.50. The lowest BCUT2D eigenvalue weighted by molar-refractivity contribution is -0.128. The van der Waals surface area contributed by atoms with Crippen LogP contribution >= 0.6 is 0 Å². The number of hydrogen-bond acceptors (Lipinski definition) is 4. The van der Waals surface area contributed by atoms with Crippen LogP contribution in [0.25, 0.3) is 0 Å². The number of anilines is 1. The van der Waals surface area contributed by atoms with Gasteiger partial charge < -0.3 is 14.8 Å². The molecular weight excluding hydrogens is 270 g/mol. The number of para-hydroxylation sites is 2. The molecule has 3 rings (SSSR count). The van der Waals surface area contributed by atoms with Crippen molar-refractivity contribution in [3.8, 4) is 11.5 Å². The Bertz CT molecular complexity index is 653. The molecule has 0 fully saturated rings. The Morgan fingerprint density at radius 2 is 2.05 bits per heavy atom. The third kappa shape index (κ3) is 2.69. The lowest BCUT2D eigenvalue weighted by Gasteiger charge is -2.30. The van der Waals surface area contributed by atoms with Crippen LogP contribution in [0.1, 0.15) is 19.5 Å². The van der Waals surface area contributed by atoms with Gasteiger partial charge in [0.1, 0.15) is 6.10 Å². The number of aryl methyl sites for hydroxylation is 1. The first kappa shape index (κ1) is 13.5. The Labute approximate surface area is 122 Å². The van der Waals surface area contributed by atoms with Crippen molar-refractivity contribution in [3.63, 3.8) is 0 Å². The van der Waals surface area contributed by atoms with Gasteiger partial charge in [0, 0.05) is 11.8 Å². The minimum Gasteiger partial charge on any atom is -0.482 e. The molecule has 0 saturated heterocycles. The smallest absolute Gasteiger partial charge is 0.270 e. The molecule has 6 nitrogen and oxygen atoms in total. The van der Waals surface area contributed by atoms with E-state index in [4.69, 9.17) is 9.47 Å². The number of hydrogen-bond donors (Lipinski definition) is 2. The van der Waals surface area contributed by atoms with E-state index in [9.17, 15) is 4.79 Å². The first-order valence-corrected chi connectivity index (χ1v) is 6.95. The quantitative estimate of drug-likeness (QED) is 0.906. The van der Waals surface area contributed by atoms with Crippen LogP contribution in [0.5, 0.6) is 11.5 Å². The van der Waals surface area contributed by atoms with Crippen molar-refractivity contribution in [2.75, 3.05) is 5.32 Å². The van der Waals surface area contributed by atoms with Crippen LogP contribution in [0, 0.1) is 0 Å². The van der Waals surface area contributed by atoms with Gasteiger partial charge in [0.25, 0.3) is 5.91 Å². The largest absolute Gasteiger partial charge is 0.482 e. The number of rotatable bonds is 3. The first-order valence-electron chi connectivity index (χ1n) is 6.95. The lowest BCUT2D eigenvalue weighted by Crippen LogP contribution is -2.46. The van der Waals surface area contributed by atoms with Crippen LogP contribution in [-0.2, 0) is 11.2 Å². The van der Waals surface area contributed by atoms with Gasteiger partial charge in [0.2, 0.25) is 6.10 Å². The fraction of sp³-hybridized carbons (Fsp3) is 0.333. The predicted molar refractivity (Wildman–Crippen MR) is 77.5 cm³/mol. The van der Waals surface area contributed by atoms with Crippen molar-refractivity contribution in [2.45, 2.75) is 32.5 Å². The third-order valence-electron chi connectivity index (χ3n) is 3.36. The minimum absolute atomic E-state index is 0.272. The van der Waals surface area contributed by atoms with Gasteiger partial charge in [0.15, 0.2) is 17.3 Å². The van der Waals surface area contributed by atoms with Crippen molar-refractivity contribution in [1.29, 1.82) is 0 Å². The Morgan fingerprint density at radius 3 is 2.71 bits per heavy atom. The monoisotopic (exact) mass is 287 g/mol. The normalized spacial score (nSPS) is 20.1. The number of ether oxygens (including phenoxy) is 2. The molecule has 2 heterocycles. The van der Waals surface area contributed by atoms with E-state index < -0.39 is 6.10 Å². The molecule has 1 aliphatic heterocycles. The van der Waals surface area contributed by atoms with Crippen molar-refractivity contribution in [3.05, 3.63) is 36.0 Å². The van der Waals surface area contributed by atoms with E-state index in [1.807, 2.05) is 32.0 Å². The van der Waals surface area contributed by atoms with Crippen molar-refractivity contribution in [1.82, 2.24) is 10.2 Å².